The number of H-pyrrole nitrogens is 1. The minimum absolute atomic E-state index is 0.590. The lowest BCUT2D eigenvalue weighted by Gasteiger charge is -1.94. The standard InChI is InChI=1S/C14H15N3/c1-11-13(9-5-6-10-15)17-14(16-11)12-7-3-2-4-8-12/h2-4,7-8H,5-6,9H2,1H3,(H,16,17). The summed E-state index contributed by atoms with van der Waals surface area (Å²) in [7, 11) is 0. The molecule has 17 heavy (non-hydrogen) atoms. The van der Waals surface area contributed by atoms with Gasteiger partial charge in [-0.2, -0.15) is 5.26 Å². The maximum Gasteiger partial charge on any atom is 0.137 e. The summed E-state index contributed by atoms with van der Waals surface area (Å²) < 4.78 is 0. The SMILES string of the molecule is Cc1[nH]c(-c2ccccc2)nc1CCCC#N. The molecule has 0 fully saturated rings. The van der Waals surface area contributed by atoms with Gasteiger partial charge in [-0.3, -0.25) is 0 Å². The first kappa shape index (κ1) is 11.4. The van der Waals surface area contributed by atoms with Crippen molar-refractivity contribution >= 4 is 0 Å². The van der Waals surface area contributed by atoms with Crippen molar-refractivity contribution in [3.05, 3.63) is 41.7 Å². The predicted molar refractivity (Wildman–Crippen MR) is 67.3 cm³/mol. The van der Waals surface area contributed by atoms with Crippen LogP contribution in [0.25, 0.3) is 11.4 Å². The average molecular weight is 225 g/mol. The van der Waals surface area contributed by atoms with Crippen LogP contribution in [0.3, 0.4) is 0 Å². The van der Waals surface area contributed by atoms with Crippen LogP contribution >= 0.6 is 0 Å². The van der Waals surface area contributed by atoms with Gasteiger partial charge in [0.1, 0.15) is 5.82 Å². The van der Waals surface area contributed by atoms with Crippen LogP contribution in [0.5, 0.6) is 0 Å². The third-order valence-corrected chi connectivity index (χ3v) is 2.73. The molecule has 1 heterocycles. The number of benzene rings is 1. The van der Waals surface area contributed by atoms with E-state index in [1.54, 1.807) is 0 Å². The van der Waals surface area contributed by atoms with E-state index in [4.69, 9.17) is 5.26 Å². The highest BCUT2D eigenvalue weighted by molar-refractivity contribution is 5.55. The van der Waals surface area contributed by atoms with E-state index in [1.165, 1.54) is 0 Å². The van der Waals surface area contributed by atoms with Crippen LogP contribution < -0.4 is 0 Å². The lowest BCUT2D eigenvalue weighted by Crippen LogP contribution is -1.88. The van der Waals surface area contributed by atoms with Gasteiger partial charge in [-0.25, -0.2) is 4.98 Å². The lowest BCUT2D eigenvalue weighted by atomic mass is 10.2. The number of imidazole rings is 1. The molecule has 0 amide bonds. The van der Waals surface area contributed by atoms with Gasteiger partial charge < -0.3 is 4.98 Å². The average Bonchev–Trinajstić information content (AvgIpc) is 2.73. The zero-order valence-electron chi connectivity index (χ0n) is 9.90. The first-order valence-electron chi connectivity index (χ1n) is 5.79. The Labute approximate surface area is 101 Å². The van der Waals surface area contributed by atoms with Gasteiger partial charge in [-0.05, 0) is 19.8 Å². The number of hydrogen-bond donors (Lipinski definition) is 1. The van der Waals surface area contributed by atoms with Crippen LogP contribution in [-0.4, -0.2) is 9.97 Å². The summed E-state index contributed by atoms with van der Waals surface area (Å²) in [6.07, 6.45) is 2.33. The van der Waals surface area contributed by atoms with E-state index in [0.717, 1.165) is 35.6 Å². The number of aromatic nitrogens is 2. The van der Waals surface area contributed by atoms with E-state index in [2.05, 4.69) is 16.0 Å². The molecule has 0 spiro atoms. The van der Waals surface area contributed by atoms with Crippen molar-refractivity contribution in [2.75, 3.05) is 0 Å². The second-order valence-electron chi connectivity index (χ2n) is 4.03. The van der Waals surface area contributed by atoms with Gasteiger partial charge in [0, 0.05) is 17.7 Å². The number of nitriles is 1. The summed E-state index contributed by atoms with van der Waals surface area (Å²) in [5, 5.41) is 8.52. The van der Waals surface area contributed by atoms with Crippen LogP contribution in [0.1, 0.15) is 24.2 Å². The van der Waals surface area contributed by atoms with E-state index in [9.17, 15) is 0 Å². The molecular formula is C14H15N3. The molecule has 0 unspecified atom stereocenters. The van der Waals surface area contributed by atoms with Crippen molar-refractivity contribution in [1.82, 2.24) is 9.97 Å². The summed E-state index contributed by atoms with van der Waals surface area (Å²) in [5.41, 5.74) is 3.27. The van der Waals surface area contributed by atoms with Crippen LogP contribution in [0.15, 0.2) is 30.3 Å². The Morgan fingerprint density at radius 2 is 2.06 bits per heavy atom. The highest BCUT2D eigenvalue weighted by Gasteiger charge is 2.07. The molecule has 0 aliphatic rings. The highest BCUT2D eigenvalue weighted by Crippen LogP contribution is 2.18. The summed E-state index contributed by atoms with van der Waals surface area (Å²) in [6.45, 7) is 2.03. The smallest absolute Gasteiger partial charge is 0.137 e. The Hall–Kier alpha value is -2.08. The lowest BCUT2D eigenvalue weighted by molar-refractivity contribution is 0.824. The molecule has 0 bridgehead atoms. The van der Waals surface area contributed by atoms with E-state index in [-0.39, 0.29) is 0 Å². The Morgan fingerprint density at radius 3 is 2.76 bits per heavy atom. The Morgan fingerprint density at radius 1 is 1.29 bits per heavy atom. The number of aryl methyl sites for hydroxylation is 2. The van der Waals surface area contributed by atoms with E-state index in [1.807, 2.05) is 37.3 Å². The van der Waals surface area contributed by atoms with Crippen molar-refractivity contribution in [3.63, 3.8) is 0 Å². The minimum atomic E-state index is 0.590. The molecule has 2 aromatic rings. The summed E-state index contributed by atoms with van der Waals surface area (Å²) in [5.74, 6) is 0.912. The molecule has 0 saturated carbocycles. The number of nitrogens with one attached hydrogen (secondary N) is 1. The molecule has 3 heteroatoms. The molecule has 86 valence electrons. The van der Waals surface area contributed by atoms with Gasteiger partial charge >= 0.3 is 0 Å². The first-order chi connectivity index (χ1) is 8.31. The zero-order chi connectivity index (χ0) is 12.1. The fraction of sp³-hybridized carbons (Fsp3) is 0.286. The van der Waals surface area contributed by atoms with Crippen LogP contribution in [0, 0.1) is 18.3 Å². The topological polar surface area (TPSA) is 52.5 Å². The monoisotopic (exact) mass is 225 g/mol. The maximum atomic E-state index is 8.52. The molecule has 1 aromatic carbocycles. The van der Waals surface area contributed by atoms with E-state index >= 15 is 0 Å². The largest absolute Gasteiger partial charge is 0.342 e. The van der Waals surface area contributed by atoms with Crippen LogP contribution in [0.4, 0.5) is 0 Å². The molecule has 2 rings (SSSR count). The molecule has 0 aliphatic carbocycles. The second kappa shape index (κ2) is 5.31. The van der Waals surface area contributed by atoms with Crippen molar-refractivity contribution < 1.29 is 0 Å². The number of nitrogens with zero attached hydrogens (tertiary/aromatic N) is 2. The Balaban J connectivity index is 2.17. The molecule has 1 aromatic heterocycles. The minimum Gasteiger partial charge on any atom is -0.342 e. The fourth-order valence-corrected chi connectivity index (χ4v) is 1.81. The first-order valence-corrected chi connectivity index (χ1v) is 5.79. The highest BCUT2D eigenvalue weighted by atomic mass is 14.9. The van der Waals surface area contributed by atoms with Gasteiger partial charge in [0.2, 0.25) is 0 Å². The van der Waals surface area contributed by atoms with Crippen molar-refractivity contribution in [2.24, 2.45) is 0 Å². The van der Waals surface area contributed by atoms with E-state index < -0.39 is 0 Å². The van der Waals surface area contributed by atoms with Crippen LogP contribution in [0.2, 0.25) is 0 Å². The third kappa shape index (κ3) is 2.73. The van der Waals surface area contributed by atoms with Crippen molar-refractivity contribution in [1.29, 1.82) is 5.26 Å². The fourth-order valence-electron chi connectivity index (χ4n) is 1.81. The Kier molecular flexibility index (Phi) is 3.56. The number of hydrogen-bond acceptors (Lipinski definition) is 2. The summed E-state index contributed by atoms with van der Waals surface area (Å²) >= 11 is 0. The van der Waals surface area contributed by atoms with E-state index in [0.29, 0.717) is 6.42 Å². The molecule has 0 aliphatic heterocycles. The second-order valence-corrected chi connectivity index (χ2v) is 4.03. The zero-order valence-corrected chi connectivity index (χ0v) is 9.90. The molecule has 0 atom stereocenters. The maximum absolute atomic E-state index is 8.52. The van der Waals surface area contributed by atoms with Gasteiger partial charge in [0.25, 0.3) is 0 Å². The number of unbranched alkanes of at least 4 members (excludes halogenated alkanes) is 1. The Bertz CT molecular complexity index is 520. The van der Waals surface area contributed by atoms with Crippen LogP contribution in [-0.2, 0) is 6.42 Å². The normalized spacial score (nSPS) is 10.1. The third-order valence-electron chi connectivity index (χ3n) is 2.73. The predicted octanol–water partition coefficient (Wildman–Crippen LogP) is 3.23. The molecule has 0 radical (unpaired) electrons. The number of aromatic amines is 1. The van der Waals surface area contributed by atoms with Gasteiger partial charge in [-0.1, -0.05) is 30.3 Å². The van der Waals surface area contributed by atoms with Crippen molar-refractivity contribution in [3.8, 4) is 17.5 Å². The quantitative estimate of drug-likeness (QED) is 0.812. The molecule has 0 saturated heterocycles. The summed E-state index contributed by atoms with van der Waals surface area (Å²) in [4.78, 5) is 7.88. The number of rotatable bonds is 4. The van der Waals surface area contributed by atoms with Gasteiger partial charge in [0.05, 0.1) is 11.8 Å². The molecule has 1 N–H and O–H groups in total. The van der Waals surface area contributed by atoms with Crippen molar-refractivity contribution in [2.45, 2.75) is 26.2 Å². The molecule has 3 nitrogen and oxygen atoms in total. The molecular weight excluding hydrogens is 210 g/mol. The van der Waals surface area contributed by atoms with Gasteiger partial charge in [0.15, 0.2) is 0 Å². The van der Waals surface area contributed by atoms with Gasteiger partial charge in [-0.15, -0.1) is 0 Å². The summed E-state index contributed by atoms with van der Waals surface area (Å²) in [6, 6.07) is 12.2.